The highest BCUT2D eigenvalue weighted by atomic mass is 16.6. The molecule has 0 unspecified atom stereocenters. The van der Waals surface area contributed by atoms with Gasteiger partial charge in [-0.05, 0) is 6.07 Å². The van der Waals surface area contributed by atoms with Crippen LogP contribution in [0.2, 0.25) is 0 Å². The van der Waals surface area contributed by atoms with Crippen LogP contribution >= 0.6 is 0 Å². The predicted octanol–water partition coefficient (Wildman–Crippen LogP) is 1.10. The third-order valence-corrected chi connectivity index (χ3v) is 3.15. The van der Waals surface area contributed by atoms with Gasteiger partial charge in [-0.3, -0.25) is 10.1 Å². The molecule has 3 aromatic rings. The monoisotopic (exact) mass is 285 g/mol. The van der Waals surface area contributed by atoms with Crippen molar-refractivity contribution in [1.82, 2.24) is 19.7 Å². The van der Waals surface area contributed by atoms with E-state index in [0.717, 1.165) is 0 Å². The molecule has 0 amide bonds. The molecule has 2 aromatic heterocycles. The van der Waals surface area contributed by atoms with E-state index in [2.05, 4.69) is 15.1 Å². The standard InChI is InChI=1S/C12H11N7O2/c1-18-12-9(11(14)15-5-16-12)10(17-18)6-2-3-7(13)8(4-6)19(20)21/h2-5H,13H2,1H3,(H2,14,15,16). The van der Waals surface area contributed by atoms with Gasteiger partial charge < -0.3 is 11.5 Å². The van der Waals surface area contributed by atoms with Crippen LogP contribution in [0.5, 0.6) is 0 Å². The maximum Gasteiger partial charge on any atom is 0.292 e. The SMILES string of the molecule is Cn1nc(-c2ccc(N)c([N+](=O)[O-])c2)c2c(N)ncnc21. The number of aromatic nitrogens is 4. The Morgan fingerprint density at radius 3 is 2.76 bits per heavy atom. The molecule has 1 aromatic carbocycles. The van der Waals surface area contributed by atoms with E-state index >= 15 is 0 Å². The van der Waals surface area contributed by atoms with Crippen molar-refractivity contribution >= 4 is 28.2 Å². The zero-order chi connectivity index (χ0) is 15.1. The smallest absolute Gasteiger partial charge is 0.292 e. The highest BCUT2D eigenvalue weighted by Crippen LogP contribution is 2.33. The summed E-state index contributed by atoms with van der Waals surface area (Å²) in [7, 11) is 1.71. The molecule has 4 N–H and O–H groups in total. The number of nitro groups is 1. The quantitative estimate of drug-likeness (QED) is 0.408. The van der Waals surface area contributed by atoms with Gasteiger partial charge in [0.15, 0.2) is 5.65 Å². The number of rotatable bonds is 2. The molecule has 0 aliphatic carbocycles. The second kappa shape index (κ2) is 4.40. The summed E-state index contributed by atoms with van der Waals surface area (Å²) in [6, 6.07) is 4.48. The van der Waals surface area contributed by atoms with Gasteiger partial charge in [-0.25, -0.2) is 14.6 Å². The zero-order valence-corrected chi connectivity index (χ0v) is 11.0. The van der Waals surface area contributed by atoms with Crippen LogP contribution in [-0.2, 0) is 7.05 Å². The number of anilines is 2. The number of nitrogen functional groups attached to an aromatic ring is 2. The van der Waals surface area contributed by atoms with Crippen molar-refractivity contribution in [2.24, 2.45) is 7.05 Å². The second-order valence-corrected chi connectivity index (χ2v) is 4.46. The Balaban J connectivity index is 2.31. The summed E-state index contributed by atoms with van der Waals surface area (Å²) in [6.07, 6.45) is 1.34. The molecule has 0 fully saturated rings. The van der Waals surface area contributed by atoms with Gasteiger partial charge in [-0.2, -0.15) is 5.10 Å². The van der Waals surface area contributed by atoms with Crippen LogP contribution in [0.25, 0.3) is 22.3 Å². The molecular formula is C12H11N7O2. The lowest BCUT2D eigenvalue weighted by molar-refractivity contribution is -0.383. The molecule has 0 aliphatic rings. The summed E-state index contributed by atoms with van der Waals surface area (Å²) in [5, 5.41) is 15.9. The number of aryl methyl sites for hydroxylation is 1. The van der Waals surface area contributed by atoms with Crippen LogP contribution in [0.15, 0.2) is 24.5 Å². The molecule has 0 saturated heterocycles. The first kappa shape index (κ1) is 12.8. The minimum absolute atomic E-state index is 0.0909. The van der Waals surface area contributed by atoms with Crippen molar-refractivity contribution in [3.05, 3.63) is 34.6 Å². The van der Waals surface area contributed by atoms with Crippen molar-refractivity contribution in [3.8, 4) is 11.3 Å². The largest absolute Gasteiger partial charge is 0.393 e. The van der Waals surface area contributed by atoms with Crippen molar-refractivity contribution in [2.45, 2.75) is 0 Å². The Morgan fingerprint density at radius 1 is 1.29 bits per heavy atom. The molecule has 0 atom stereocenters. The van der Waals surface area contributed by atoms with Gasteiger partial charge >= 0.3 is 0 Å². The summed E-state index contributed by atoms with van der Waals surface area (Å²) in [5.74, 6) is 0.266. The van der Waals surface area contributed by atoms with Gasteiger partial charge in [-0.15, -0.1) is 0 Å². The lowest BCUT2D eigenvalue weighted by Gasteiger charge is -2.01. The number of fused-ring (bicyclic) bond motifs is 1. The number of hydrogen-bond donors (Lipinski definition) is 2. The van der Waals surface area contributed by atoms with E-state index in [9.17, 15) is 10.1 Å². The molecule has 9 nitrogen and oxygen atoms in total. The van der Waals surface area contributed by atoms with Crippen LogP contribution in [0.4, 0.5) is 17.2 Å². The van der Waals surface area contributed by atoms with E-state index in [4.69, 9.17) is 11.5 Å². The van der Waals surface area contributed by atoms with Crippen molar-refractivity contribution in [2.75, 3.05) is 11.5 Å². The molecule has 0 radical (unpaired) electrons. The molecule has 21 heavy (non-hydrogen) atoms. The van der Waals surface area contributed by atoms with Gasteiger partial charge in [0.1, 0.15) is 23.5 Å². The van der Waals surface area contributed by atoms with Crippen molar-refractivity contribution in [1.29, 1.82) is 0 Å². The van der Waals surface area contributed by atoms with E-state index in [-0.39, 0.29) is 17.2 Å². The summed E-state index contributed by atoms with van der Waals surface area (Å²) >= 11 is 0. The maximum absolute atomic E-state index is 11.0. The van der Waals surface area contributed by atoms with Crippen LogP contribution in [0.1, 0.15) is 0 Å². The van der Waals surface area contributed by atoms with Gasteiger partial charge in [0, 0.05) is 18.7 Å². The van der Waals surface area contributed by atoms with E-state index in [1.54, 1.807) is 17.8 Å². The third kappa shape index (κ3) is 1.91. The zero-order valence-electron chi connectivity index (χ0n) is 11.0. The van der Waals surface area contributed by atoms with Gasteiger partial charge in [0.25, 0.3) is 5.69 Å². The predicted molar refractivity (Wildman–Crippen MR) is 77.2 cm³/mol. The van der Waals surface area contributed by atoms with E-state index in [0.29, 0.717) is 22.3 Å². The molecular weight excluding hydrogens is 274 g/mol. The summed E-state index contributed by atoms with van der Waals surface area (Å²) in [6.45, 7) is 0. The minimum atomic E-state index is -0.538. The molecule has 0 bridgehead atoms. The van der Waals surface area contributed by atoms with E-state index in [1.165, 1.54) is 18.5 Å². The average Bonchev–Trinajstić information content (AvgIpc) is 2.78. The number of nitrogens with zero attached hydrogens (tertiary/aromatic N) is 5. The van der Waals surface area contributed by atoms with Crippen molar-refractivity contribution < 1.29 is 4.92 Å². The highest BCUT2D eigenvalue weighted by molar-refractivity contribution is 5.98. The Bertz CT molecular complexity index is 871. The number of benzene rings is 1. The number of nitrogens with two attached hydrogens (primary N) is 2. The fourth-order valence-corrected chi connectivity index (χ4v) is 2.16. The number of hydrogen-bond acceptors (Lipinski definition) is 7. The maximum atomic E-state index is 11.0. The molecule has 0 aliphatic heterocycles. The Kier molecular flexibility index (Phi) is 2.68. The lowest BCUT2D eigenvalue weighted by Crippen LogP contribution is -1.96. The van der Waals surface area contributed by atoms with E-state index < -0.39 is 4.92 Å². The highest BCUT2D eigenvalue weighted by Gasteiger charge is 2.19. The minimum Gasteiger partial charge on any atom is -0.393 e. The van der Waals surface area contributed by atoms with Crippen LogP contribution in [0, 0.1) is 10.1 Å². The molecule has 106 valence electrons. The third-order valence-electron chi connectivity index (χ3n) is 3.15. The molecule has 0 spiro atoms. The van der Waals surface area contributed by atoms with Crippen LogP contribution in [-0.4, -0.2) is 24.7 Å². The first-order valence-electron chi connectivity index (χ1n) is 5.96. The fourth-order valence-electron chi connectivity index (χ4n) is 2.16. The van der Waals surface area contributed by atoms with Gasteiger partial charge in [0.05, 0.1) is 10.3 Å². The normalized spacial score (nSPS) is 10.9. The van der Waals surface area contributed by atoms with E-state index in [1.807, 2.05) is 0 Å². The Labute approximate surface area is 118 Å². The summed E-state index contributed by atoms with van der Waals surface area (Å²) in [4.78, 5) is 18.5. The van der Waals surface area contributed by atoms with Crippen LogP contribution in [0.3, 0.4) is 0 Å². The van der Waals surface area contributed by atoms with Gasteiger partial charge in [-0.1, -0.05) is 6.07 Å². The van der Waals surface area contributed by atoms with Crippen molar-refractivity contribution in [3.63, 3.8) is 0 Å². The average molecular weight is 285 g/mol. The molecule has 9 heteroatoms. The lowest BCUT2D eigenvalue weighted by atomic mass is 10.1. The second-order valence-electron chi connectivity index (χ2n) is 4.46. The molecule has 3 rings (SSSR count). The van der Waals surface area contributed by atoms with Gasteiger partial charge in [0.2, 0.25) is 0 Å². The first-order chi connectivity index (χ1) is 9.99. The molecule has 2 heterocycles. The summed E-state index contributed by atoms with van der Waals surface area (Å²) < 4.78 is 1.55. The van der Waals surface area contributed by atoms with Crippen LogP contribution < -0.4 is 11.5 Å². The Morgan fingerprint density at radius 2 is 2.05 bits per heavy atom. The fraction of sp³-hybridized carbons (Fsp3) is 0.0833. The first-order valence-corrected chi connectivity index (χ1v) is 5.96. The molecule has 0 saturated carbocycles. The number of nitro benzene ring substituents is 1. The summed E-state index contributed by atoms with van der Waals surface area (Å²) in [5.41, 5.74) is 12.9. The Hall–Kier alpha value is -3.23. The topological polar surface area (TPSA) is 139 Å².